The van der Waals surface area contributed by atoms with Gasteiger partial charge in [0.2, 0.25) is 0 Å². The number of hydrogen-bond acceptors (Lipinski definition) is 5. The fourth-order valence-corrected chi connectivity index (χ4v) is 6.51. The third-order valence-electron chi connectivity index (χ3n) is 8.66. The number of nitrogens with zero attached hydrogens (tertiary/aromatic N) is 6. The van der Waals surface area contributed by atoms with Crippen molar-refractivity contribution in [2.24, 2.45) is 0 Å². The van der Waals surface area contributed by atoms with E-state index in [0.29, 0.717) is 11.5 Å². The van der Waals surface area contributed by atoms with Crippen LogP contribution in [0.3, 0.4) is 0 Å². The summed E-state index contributed by atoms with van der Waals surface area (Å²) in [5, 5.41) is 3.57. The minimum absolute atomic E-state index is 0. The van der Waals surface area contributed by atoms with Gasteiger partial charge in [-0.2, -0.15) is 0 Å². The summed E-state index contributed by atoms with van der Waals surface area (Å²) >= 11 is 0. The Kier molecular flexibility index (Phi) is 6.56. The molecule has 0 aliphatic rings. The number of benzene rings is 4. The summed E-state index contributed by atoms with van der Waals surface area (Å²) in [5.74, 6) is 1.11. The molecule has 0 N–H and O–H groups in total. The molecule has 10 aromatic rings. The zero-order valence-electron chi connectivity index (χ0n) is 25.1. The quantitative estimate of drug-likeness (QED) is 0.131. The van der Waals surface area contributed by atoms with Crippen LogP contribution in [-0.4, -0.2) is 28.7 Å². The Hall–Kier alpha value is -5.91. The molecular formula is C40H22N6OPt. The second kappa shape index (κ2) is 11.1. The van der Waals surface area contributed by atoms with Gasteiger partial charge in [0.15, 0.2) is 0 Å². The van der Waals surface area contributed by atoms with Crippen LogP contribution < -0.4 is 4.74 Å². The van der Waals surface area contributed by atoms with Gasteiger partial charge in [0, 0.05) is 47.4 Å². The first-order valence-electron chi connectivity index (χ1n) is 15.3. The molecule has 0 bridgehead atoms. The van der Waals surface area contributed by atoms with E-state index < -0.39 is 0 Å². The number of aromatic nitrogens is 6. The van der Waals surface area contributed by atoms with Gasteiger partial charge in [0.05, 0.1) is 44.7 Å². The van der Waals surface area contributed by atoms with Crippen LogP contribution >= 0.6 is 0 Å². The smallest absolute Gasteiger partial charge is 0.497 e. The summed E-state index contributed by atoms with van der Waals surface area (Å²) in [7, 11) is 0. The molecule has 0 saturated heterocycles. The molecule has 0 aliphatic heterocycles. The summed E-state index contributed by atoms with van der Waals surface area (Å²) in [4.78, 5) is 19.6. The molecule has 8 heteroatoms. The summed E-state index contributed by atoms with van der Waals surface area (Å²) in [6.45, 7) is 0. The van der Waals surface area contributed by atoms with Crippen LogP contribution in [0.15, 0.2) is 134 Å². The number of ether oxygens (including phenoxy) is 1. The molecule has 0 atom stereocenters. The summed E-state index contributed by atoms with van der Waals surface area (Å²) in [6, 6.07) is 43.3. The van der Waals surface area contributed by atoms with Gasteiger partial charge in [-0.1, -0.05) is 106 Å². The van der Waals surface area contributed by atoms with Crippen molar-refractivity contribution in [2.75, 3.05) is 0 Å². The minimum Gasteiger partial charge on any atom is -0.497 e. The van der Waals surface area contributed by atoms with Crippen molar-refractivity contribution in [1.29, 1.82) is 0 Å². The van der Waals surface area contributed by atoms with Crippen molar-refractivity contribution < 1.29 is 25.8 Å². The molecule has 228 valence electrons. The van der Waals surface area contributed by atoms with Crippen LogP contribution in [0.2, 0.25) is 0 Å². The van der Waals surface area contributed by atoms with Crippen LogP contribution in [0.5, 0.6) is 11.5 Å². The summed E-state index contributed by atoms with van der Waals surface area (Å²) in [6.07, 6.45) is 7.75. The van der Waals surface area contributed by atoms with Gasteiger partial charge < -0.3 is 13.5 Å². The van der Waals surface area contributed by atoms with Gasteiger partial charge in [0.25, 0.3) is 0 Å². The largest absolute Gasteiger partial charge is 2.00 e. The standard InChI is InChI=1S/C40H22N6O.Pt/c1-3-9-25(10-4-1)33-23-45-35-13-7-19-41-37(35)29-17-15-27(21-31(29)39(45)43-33)47-28-16-18-30-32(22-28)40-44-34(26-11-5-2-6-12-26)24-46(40)36-14-8-20-42-38(30)36;/h1-20,23-24H;/q-2;+2. The first kappa shape index (κ1) is 28.3. The second-order valence-corrected chi connectivity index (χ2v) is 11.4. The number of fused-ring (bicyclic) bond motifs is 12. The summed E-state index contributed by atoms with van der Waals surface area (Å²) < 4.78 is 10.7. The third-order valence-corrected chi connectivity index (χ3v) is 8.66. The first-order valence-corrected chi connectivity index (χ1v) is 15.3. The Balaban J connectivity index is 0.00000314. The van der Waals surface area contributed by atoms with Gasteiger partial charge in [-0.25, -0.2) is 0 Å². The van der Waals surface area contributed by atoms with Crippen molar-refractivity contribution in [3.05, 3.63) is 146 Å². The van der Waals surface area contributed by atoms with E-state index in [1.165, 1.54) is 0 Å². The topological polar surface area (TPSA) is 69.6 Å². The predicted molar refractivity (Wildman–Crippen MR) is 185 cm³/mol. The maximum atomic E-state index is 6.47. The fraction of sp³-hybridized carbons (Fsp3) is 0. The molecule has 0 aliphatic carbocycles. The van der Waals surface area contributed by atoms with Gasteiger partial charge >= 0.3 is 21.1 Å². The Morgan fingerprint density at radius 2 is 0.958 bits per heavy atom. The van der Waals surface area contributed by atoms with E-state index in [9.17, 15) is 0 Å². The van der Waals surface area contributed by atoms with E-state index in [1.54, 1.807) is 0 Å². The number of pyridine rings is 4. The minimum atomic E-state index is 0. The average molecular weight is 798 g/mol. The maximum absolute atomic E-state index is 6.47. The predicted octanol–water partition coefficient (Wildman–Crippen LogP) is 9.11. The van der Waals surface area contributed by atoms with E-state index >= 15 is 0 Å². The Labute approximate surface area is 288 Å². The normalized spacial score (nSPS) is 11.6. The molecule has 7 nitrogen and oxygen atoms in total. The molecule has 48 heavy (non-hydrogen) atoms. The molecule has 0 fully saturated rings. The zero-order valence-corrected chi connectivity index (χ0v) is 27.4. The van der Waals surface area contributed by atoms with E-state index in [2.05, 4.69) is 69.7 Å². The van der Waals surface area contributed by atoms with Crippen LogP contribution in [0.1, 0.15) is 0 Å². The maximum Gasteiger partial charge on any atom is 2.00 e. The van der Waals surface area contributed by atoms with E-state index in [1.807, 2.05) is 85.2 Å². The molecule has 4 aromatic carbocycles. The molecule has 6 heterocycles. The van der Waals surface area contributed by atoms with Gasteiger partial charge in [-0.05, 0) is 24.3 Å². The van der Waals surface area contributed by atoms with Gasteiger partial charge in [-0.3, -0.25) is 19.9 Å². The molecular weight excluding hydrogens is 776 g/mol. The van der Waals surface area contributed by atoms with E-state index in [4.69, 9.17) is 24.7 Å². The van der Waals surface area contributed by atoms with Crippen LogP contribution in [0.4, 0.5) is 0 Å². The van der Waals surface area contributed by atoms with Crippen molar-refractivity contribution in [2.45, 2.75) is 0 Å². The van der Waals surface area contributed by atoms with Crippen LogP contribution in [0, 0.1) is 12.1 Å². The van der Waals surface area contributed by atoms with Gasteiger partial charge in [-0.15, -0.1) is 12.1 Å². The molecule has 0 radical (unpaired) electrons. The van der Waals surface area contributed by atoms with E-state index in [0.717, 1.165) is 77.4 Å². The first-order chi connectivity index (χ1) is 23.3. The molecule has 0 spiro atoms. The van der Waals surface area contributed by atoms with Crippen molar-refractivity contribution >= 4 is 54.9 Å². The SMILES string of the molecule is [Pt+2].[c-]1c(Oc2[c-]c3c(cc2)c2ncccc2n2cc(-c4ccccc4)nc32)ccc2c1c1nc(-c3ccccc3)cn1c1cccnc21. The van der Waals surface area contributed by atoms with Crippen LogP contribution in [0.25, 0.3) is 77.4 Å². The molecule has 10 rings (SSSR count). The third kappa shape index (κ3) is 4.39. The van der Waals surface area contributed by atoms with Crippen molar-refractivity contribution in [3.8, 4) is 34.0 Å². The van der Waals surface area contributed by atoms with Crippen LogP contribution in [-0.2, 0) is 21.1 Å². The molecule has 0 unspecified atom stereocenters. The molecule has 6 aromatic heterocycles. The second-order valence-electron chi connectivity index (χ2n) is 11.4. The van der Waals surface area contributed by atoms with E-state index in [-0.39, 0.29) is 21.1 Å². The summed E-state index contributed by atoms with van der Waals surface area (Å²) in [5.41, 5.74) is 9.14. The monoisotopic (exact) mass is 797 g/mol. The zero-order chi connectivity index (χ0) is 30.9. The van der Waals surface area contributed by atoms with Crippen molar-refractivity contribution in [1.82, 2.24) is 28.7 Å². The number of imidazole rings is 2. The fourth-order valence-electron chi connectivity index (χ4n) is 6.51. The van der Waals surface area contributed by atoms with Gasteiger partial charge in [0.1, 0.15) is 0 Å². The number of rotatable bonds is 4. The molecule has 0 amide bonds. The average Bonchev–Trinajstić information content (AvgIpc) is 3.80. The van der Waals surface area contributed by atoms with Crippen molar-refractivity contribution in [3.63, 3.8) is 0 Å². The number of hydrogen-bond donors (Lipinski definition) is 0. The Bertz CT molecular complexity index is 2630. The Morgan fingerprint density at radius 1 is 0.500 bits per heavy atom. The Morgan fingerprint density at radius 3 is 1.42 bits per heavy atom. The molecule has 0 saturated carbocycles.